The van der Waals surface area contributed by atoms with Gasteiger partial charge in [0.25, 0.3) is 15.9 Å². The van der Waals surface area contributed by atoms with Gasteiger partial charge in [0.2, 0.25) is 11.8 Å². The Labute approximate surface area is 207 Å². The lowest BCUT2D eigenvalue weighted by Crippen LogP contribution is -2.49. The van der Waals surface area contributed by atoms with Crippen LogP contribution in [0.2, 0.25) is 0 Å². The van der Waals surface area contributed by atoms with Gasteiger partial charge in [-0.3, -0.25) is 14.4 Å². The molecule has 1 aliphatic rings. The molecule has 0 fully saturated rings. The molecule has 1 N–H and O–H groups in total. The van der Waals surface area contributed by atoms with E-state index in [4.69, 9.17) is 0 Å². The number of aryl methyl sites for hydroxylation is 1. The lowest BCUT2D eigenvalue weighted by Gasteiger charge is -2.30. The van der Waals surface area contributed by atoms with Crippen LogP contribution < -0.4 is 5.32 Å². The molecule has 0 unspecified atom stereocenters. The Balaban J connectivity index is 1.72. The summed E-state index contributed by atoms with van der Waals surface area (Å²) in [4.78, 5) is 40.3. The number of hydrogen-bond donors (Lipinski definition) is 1. The zero-order valence-electron chi connectivity index (χ0n) is 20.7. The predicted octanol–water partition coefficient (Wildman–Crippen LogP) is 3.25. The quantitative estimate of drug-likeness (QED) is 0.540. The number of fused-ring (bicyclic) bond motifs is 1. The van der Waals surface area contributed by atoms with Crippen molar-refractivity contribution in [2.45, 2.75) is 70.5 Å². The second-order valence-corrected chi connectivity index (χ2v) is 10.8. The number of hydrogen-bond acceptors (Lipinski definition) is 5. The summed E-state index contributed by atoms with van der Waals surface area (Å²) in [6.45, 7) is 7.67. The van der Waals surface area contributed by atoms with Gasteiger partial charge in [-0.25, -0.2) is 12.7 Å². The van der Waals surface area contributed by atoms with E-state index in [1.54, 1.807) is 19.1 Å². The molecule has 0 saturated carbocycles. The van der Waals surface area contributed by atoms with Gasteiger partial charge in [-0.1, -0.05) is 43.3 Å². The van der Waals surface area contributed by atoms with Gasteiger partial charge in [-0.2, -0.15) is 0 Å². The zero-order valence-corrected chi connectivity index (χ0v) is 21.5. The normalized spacial score (nSPS) is 15.9. The molecule has 2 aromatic rings. The van der Waals surface area contributed by atoms with E-state index in [1.807, 2.05) is 45.0 Å². The highest BCUT2D eigenvalue weighted by Gasteiger charge is 2.40. The van der Waals surface area contributed by atoms with E-state index in [9.17, 15) is 22.8 Å². The van der Waals surface area contributed by atoms with Crippen molar-refractivity contribution in [3.05, 3.63) is 65.2 Å². The van der Waals surface area contributed by atoms with Gasteiger partial charge in [0.15, 0.2) is 0 Å². The van der Waals surface area contributed by atoms with Crippen molar-refractivity contribution in [2.24, 2.45) is 0 Å². The number of sulfonamides is 1. The van der Waals surface area contributed by atoms with Crippen molar-refractivity contribution in [3.63, 3.8) is 0 Å². The minimum absolute atomic E-state index is 0.00246. The molecule has 9 heteroatoms. The largest absolute Gasteiger partial charge is 0.352 e. The molecule has 188 valence electrons. The van der Waals surface area contributed by atoms with Crippen molar-refractivity contribution in [1.82, 2.24) is 14.5 Å². The summed E-state index contributed by atoms with van der Waals surface area (Å²) < 4.78 is 26.4. The Hall–Kier alpha value is -3.20. The van der Waals surface area contributed by atoms with E-state index in [0.29, 0.717) is 0 Å². The van der Waals surface area contributed by atoms with Crippen LogP contribution in [-0.4, -0.2) is 54.0 Å². The Bertz CT molecular complexity index is 1210. The summed E-state index contributed by atoms with van der Waals surface area (Å²) in [5, 5.41) is 2.93. The molecule has 3 amide bonds. The van der Waals surface area contributed by atoms with Gasteiger partial charge >= 0.3 is 0 Å². The number of benzene rings is 2. The van der Waals surface area contributed by atoms with Crippen LogP contribution in [-0.2, 0) is 26.2 Å². The molecule has 8 nitrogen and oxygen atoms in total. The number of rotatable bonds is 10. The molecule has 2 aromatic carbocycles. The van der Waals surface area contributed by atoms with Crippen molar-refractivity contribution in [1.29, 1.82) is 0 Å². The number of carbonyl (C=O) groups excluding carboxylic acids is 3. The molecule has 2 atom stereocenters. The maximum absolute atomic E-state index is 13.3. The summed E-state index contributed by atoms with van der Waals surface area (Å²) in [5.41, 5.74) is 2.08. The molecule has 0 saturated heterocycles. The lowest BCUT2D eigenvalue weighted by atomic mass is 10.1. The number of nitrogens with one attached hydrogen (secondary N) is 1. The minimum Gasteiger partial charge on any atom is -0.352 e. The first-order chi connectivity index (χ1) is 16.6. The summed E-state index contributed by atoms with van der Waals surface area (Å²) in [7, 11) is -3.92. The maximum atomic E-state index is 13.3. The minimum atomic E-state index is -3.92. The van der Waals surface area contributed by atoms with E-state index in [2.05, 4.69) is 5.32 Å². The predicted molar refractivity (Wildman–Crippen MR) is 133 cm³/mol. The molecule has 1 heterocycles. The molecular formula is C26H33N3O5S. The Morgan fingerprint density at radius 3 is 2.37 bits per heavy atom. The van der Waals surface area contributed by atoms with E-state index in [1.165, 1.54) is 17.0 Å². The fourth-order valence-corrected chi connectivity index (χ4v) is 5.60. The van der Waals surface area contributed by atoms with Gasteiger partial charge in [0.1, 0.15) is 10.9 Å². The van der Waals surface area contributed by atoms with Crippen LogP contribution in [0.25, 0.3) is 0 Å². The van der Waals surface area contributed by atoms with E-state index in [-0.39, 0.29) is 54.2 Å². The molecule has 35 heavy (non-hydrogen) atoms. The summed E-state index contributed by atoms with van der Waals surface area (Å²) >= 11 is 0. The first-order valence-electron chi connectivity index (χ1n) is 11.9. The molecule has 1 aliphatic heterocycles. The summed E-state index contributed by atoms with van der Waals surface area (Å²) in [6, 6.07) is 13.0. The fraction of sp³-hybridized carbons (Fsp3) is 0.423. The van der Waals surface area contributed by atoms with E-state index < -0.39 is 22.0 Å². The summed E-state index contributed by atoms with van der Waals surface area (Å²) in [5.74, 6) is -1.10. The second-order valence-electron chi connectivity index (χ2n) is 8.92. The van der Waals surface area contributed by atoms with Gasteiger partial charge in [-0.15, -0.1) is 0 Å². The molecule has 0 radical (unpaired) electrons. The van der Waals surface area contributed by atoms with Crippen LogP contribution in [0.15, 0.2) is 53.4 Å². The average molecular weight is 500 g/mol. The highest BCUT2D eigenvalue weighted by Crippen LogP contribution is 2.30. The second kappa shape index (κ2) is 11.0. The van der Waals surface area contributed by atoms with Gasteiger partial charge in [-0.05, 0) is 56.9 Å². The Morgan fingerprint density at radius 1 is 1.06 bits per heavy atom. The highest BCUT2D eigenvalue weighted by molar-refractivity contribution is 7.90. The van der Waals surface area contributed by atoms with Crippen LogP contribution in [0.3, 0.4) is 0 Å². The molecular weight excluding hydrogens is 466 g/mol. The van der Waals surface area contributed by atoms with Crippen LogP contribution in [0.4, 0.5) is 0 Å². The maximum Gasteiger partial charge on any atom is 0.269 e. The number of carbonyl (C=O) groups is 3. The molecule has 0 bridgehead atoms. The van der Waals surface area contributed by atoms with Crippen molar-refractivity contribution < 1.29 is 22.8 Å². The molecule has 0 aliphatic carbocycles. The van der Waals surface area contributed by atoms with Crippen LogP contribution in [0.1, 0.15) is 61.5 Å². The zero-order chi connectivity index (χ0) is 25.8. The number of amides is 3. The Kier molecular flexibility index (Phi) is 8.32. The smallest absolute Gasteiger partial charge is 0.269 e. The standard InChI is InChI=1S/C26H33N3O5S/c1-5-19(3)27-25(31)20(4)28(17-21-12-7-6-11-18(21)2)24(30)15-10-16-29-26(32)22-13-8-9-14-23(22)35(29,33)34/h6-9,11-14,19-20H,5,10,15-17H2,1-4H3,(H,27,31)/t19-,20-/m1/s1. The van der Waals surface area contributed by atoms with Crippen molar-refractivity contribution >= 4 is 27.7 Å². The molecule has 3 rings (SSSR count). The van der Waals surface area contributed by atoms with Crippen LogP contribution in [0.5, 0.6) is 0 Å². The van der Waals surface area contributed by atoms with Gasteiger partial charge < -0.3 is 10.2 Å². The average Bonchev–Trinajstić information content (AvgIpc) is 3.03. The van der Waals surface area contributed by atoms with Crippen molar-refractivity contribution in [2.75, 3.05) is 6.54 Å². The first kappa shape index (κ1) is 26.4. The highest BCUT2D eigenvalue weighted by atomic mass is 32.2. The van der Waals surface area contributed by atoms with Gasteiger partial charge in [0.05, 0.1) is 5.56 Å². The van der Waals surface area contributed by atoms with Crippen LogP contribution in [0, 0.1) is 6.92 Å². The summed E-state index contributed by atoms with van der Waals surface area (Å²) in [6.07, 6.45) is 0.926. The van der Waals surface area contributed by atoms with Crippen LogP contribution >= 0.6 is 0 Å². The number of nitrogens with zero attached hydrogens (tertiary/aromatic N) is 2. The SMILES string of the molecule is CC[C@@H](C)NC(=O)[C@@H](C)N(Cc1ccccc1C)C(=O)CCCN1C(=O)c2ccccc2S1(=O)=O. The van der Waals surface area contributed by atoms with E-state index >= 15 is 0 Å². The topological polar surface area (TPSA) is 104 Å². The Morgan fingerprint density at radius 2 is 1.71 bits per heavy atom. The first-order valence-corrected chi connectivity index (χ1v) is 13.3. The molecule has 0 spiro atoms. The lowest BCUT2D eigenvalue weighted by molar-refractivity contribution is -0.141. The van der Waals surface area contributed by atoms with E-state index in [0.717, 1.165) is 21.9 Å². The van der Waals surface area contributed by atoms with Gasteiger partial charge in [0, 0.05) is 25.6 Å². The monoisotopic (exact) mass is 499 g/mol. The third-order valence-corrected chi connectivity index (χ3v) is 8.27. The van der Waals surface area contributed by atoms with Crippen molar-refractivity contribution in [3.8, 4) is 0 Å². The fourth-order valence-electron chi connectivity index (χ4n) is 3.99. The molecule has 0 aromatic heterocycles. The third kappa shape index (κ3) is 5.73. The third-order valence-electron chi connectivity index (χ3n) is 6.43.